The van der Waals surface area contributed by atoms with Crippen molar-refractivity contribution in [2.45, 2.75) is 31.7 Å². The van der Waals surface area contributed by atoms with Crippen molar-refractivity contribution >= 4 is 21.8 Å². The van der Waals surface area contributed by atoms with Gasteiger partial charge in [0.25, 0.3) is 0 Å². The summed E-state index contributed by atoms with van der Waals surface area (Å²) in [6.07, 6.45) is 4.78. The molecule has 0 unspecified atom stereocenters. The molecule has 1 aromatic rings. The predicted octanol–water partition coefficient (Wildman–Crippen LogP) is 2.06. The number of sulfone groups is 1. The van der Waals surface area contributed by atoms with Crippen LogP contribution in [0.1, 0.15) is 37.2 Å². The minimum Gasteiger partial charge on any atom is -0.461 e. The van der Waals surface area contributed by atoms with Crippen molar-refractivity contribution in [3.8, 4) is 0 Å². The largest absolute Gasteiger partial charge is 0.461 e. The number of amides is 1. The Morgan fingerprint density at radius 3 is 2.73 bits per heavy atom. The number of carbonyl (C=O) groups is 1. The number of carbonyl (C=O) groups excluding carboxylic acids is 1. The highest BCUT2D eigenvalue weighted by atomic mass is 32.2. The molecular formula is C16H21NO4S. The molecule has 1 aromatic heterocycles. The van der Waals surface area contributed by atoms with E-state index in [9.17, 15) is 13.2 Å². The molecule has 1 amide bonds. The molecule has 120 valence electrons. The topological polar surface area (TPSA) is 67.6 Å². The number of nitrogens with zero attached hydrogens (tertiary/aromatic N) is 1. The van der Waals surface area contributed by atoms with E-state index in [1.165, 1.54) is 11.0 Å². The lowest BCUT2D eigenvalue weighted by Gasteiger charge is -2.21. The van der Waals surface area contributed by atoms with Crippen molar-refractivity contribution in [1.82, 2.24) is 4.90 Å². The monoisotopic (exact) mass is 323 g/mol. The van der Waals surface area contributed by atoms with Crippen LogP contribution in [0.5, 0.6) is 0 Å². The summed E-state index contributed by atoms with van der Waals surface area (Å²) in [4.78, 5) is 13.6. The number of hydrogen-bond donors (Lipinski definition) is 0. The molecule has 0 radical (unpaired) electrons. The molecule has 1 saturated heterocycles. The molecular weight excluding hydrogens is 302 g/mol. The molecule has 1 aliphatic heterocycles. The highest BCUT2D eigenvalue weighted by molar-refractivity contribution is 7.91. The normalized spacial score (nSPS) is 29.8. The molecule has 2 fully saturated rings. The third kappa shape index (κ3) is 3.27. The third-order valence-corrected chi connectivity index (χ3v) is 6.37. The molecule has 0 aromatic carbocycles. The summed E-state index contributed by atoms with van der Waals surface area (Å²) in [5.74, 6) is 2.88. The van der Waals surface area contributed by atoms with Gasteiger partial charge in [-0.25, -0.2) is 8.42 Å². The number of hydrogen-bond acceptors (Lipinski definition) is 4. The number of rotatable bonds is 4. The van der Waals surface area contributed by atoms with Crippen LogP contribution in [0.15, 0.2) is 22.6 Å². The van der Waals surface area contributed by atoms with Gasteiger partial charge in [0.2, 0.25) is 5.91 Å². The maximum atomic E-state index is 12.1. The second kappa shape index (κ2) is 5.57. The summed E-state index contributed by atoms with van der Waals surface area (Å²) >= 11 is 0. The molecule has 1 aliphatic carbocycles. The van der Waals surface area contributed by atoms with E-state index in [1.807, 2.05) is 12.1 Å². The van der Waals surface area contributed by atoms with Crippen LogP contribution in [-0.4, -0.2) is 43.8 Å². The average Bonchev–Trinajstić information content (AvgIpc) is 2.89. The summed E-state index contributed by atoms with van der Waals surface area (Å²) in [6.45, 7) is 2.19. The van der Waals surface area contributed by atoms with Gasteiger partial charge in [-0.15, -0.1) is 0 Å². The summed E-state index contributed by atoms with van der Waals surface area (Å²) in [5, 5.41) is 0. The zero-order valence-electron chi connectivity index (χ0n) is 12.9. The molecule has 2 heterocycles. The van der Waals surface area contributed by atoms with Gasteiger partial charge in [0, 0.05) is 25.1 Å². The zero-order valence-corrected chi connectivity index (χ0v) is 13.7. The van der Waals surface area contributed by atoms with Crippen molar-refractivity contribution in [3.63, 3.8) is 0 Å². The smallest absolute Gasteiger partial charge is 0.246 e. The lowest BCUT2D eigenvalue weighted by atomic mass is 10.2. The van der Waals surface area contributed by atoms with E-state index < -0.39 is 9.84 Å². The molecule has 6 heteroatoms. The van der Waals surface area contributed by atoms with Crippen LogP contribution in [0, 0.1) is 5.92 Å². The van der Waals surface area contributed by atoms with E-state index >= 15 is 0 Å². The quantitative estimate of drug-likeness (QED) is 0.796. The Hall–Kier alpha value is -1.56. The van der Waals surface area contributed by atoms with Gasteiger partial charge in [-0.1, -0.05) is 6.92 Å². The first-order valence-corrected chi connectivity index (χ1v) is 9.43. The molecule has 3 atom stereocenters. The van der Waals surface area contributed by atoms with Crippen molar-refractivity contribution in [3.05, 3.63) is 29.7 Å². The fourth-order valence-corrected chi connectivity index (χ4v) is 4.68. The van der Waals surface area contributed by atoms with E-state index in [-0.39, 0.29) is 23.5 Å². The van der Waals surface area contributed by atoms with E-state index in [2.05, 4.69) is 6.92 Å². The molecule has 1 saturated carbocycles. The molecule has 2 aliphatic rings. The van der Waals surface area contributed by atoms with Gasteiger partial charge >= 0.3 is 0 Å². The number of furan rings is 1. The lowest BCUT2D eigenvalue weighted by Crippen LogP contribution is -2.36. The first-order valence-electron chi connectivity index (χ1n) is 7.61. The molecule has 3 rings (SSSR count). The summed E-state index contributed by atoms with van der Waals surface area (Å²) < 4.78 is 28.7. The molecule has 0 spiro atoms. The van der Waals surface area contributed by atoms with Gasteiger partial charge in [-0.05, 0) is 37.0 Å². The molecule has 5 nitrogen and oxygen atoms in total. The van der Waals surface area contributed by atoms with E-state index in [0.717, 1.165) is 12.2 Å². The fourth-order valence-electron chi connectivity index (χ4n) is 2.91. The highest BCUT2D eigenvalue weighted by Crippen LogP contribution is 2.47. The van der Waals surface area contributed by atoms with Crippen LogP contribution >= 0.6 is 0 Å². The Morgan fingerprint density at radius 1 is 1.41 bits per heavy atom. The number of likely N-dealkylation sites (N-methyl/N-ethyl adjacent to an activating group) is 1. The van der Waals surface area contributed by atoms with Gasteiger partial charge in [-0.2, -0.15) is 0 Å². The maximum absolute atomic E-state index is 12.1. The highest BCUT2D eigenvalue weighted by Gasteiger charge is 2.36. The summed E-state index contributed by atoms with van der Waals surface area (Å²) in [7, 11) is -1.33. The standard InChI is InChI=1S/C16H21NO4S/c1-11-9-14(11)15-5-3-13(21-15)4-6-16(18)17(2)12-7-8-22(19,20)10-12/h3-6,11-12,14H,7-10H2,1-2H3/b6-4+/t11-,12-,14+/m1/s1. The predicted molar refractivity (Wildman–Crippen MR) is 84.1 cm³/mol. The Morgan fingerprint density at radius 2 is 2.14 bits per heavy atom. The van der Waals surface area contributed by atoms with Crippen LogP contribution in [0.4, 0.5) is 0 Å². The maximum Gasteiger partial charge on any atom is 0.246 e. The van der Waals surface area contributed by atoms with Gasteiger partial charge in [0.05, 0.1) is 11.5 Å². The average molecular weight is 323 g/mol. The zero-order chi connectivity index (χ0) is 15.9. The SMILES string of the molecule is C[C@@H]1C[C@@H]1c1ccc(/C=C/C(=O)N(C)[C@@H]2CCS(=O)(=O)C2)o1. The van der Waals surface area contributed by atoms with E-state index in [1.54, 1.807) is 13.1 Å². The minimum absolute atomic E-state index is 0.0630. The van der Waals surface area contributed by atoms with Crippen LogP contribution in [0.2, 0.25) is 0 Å². The van der Waals surface area contributed by atoms with Gasteiger partial charge in [0.15, 0.2) is 9.84 Å². The van der Waals surface area contributed by atoms with Crippen molar-refractivity contribution in [2.75, 3.05) is 18.6 Å². The van der Waals surface area contributed by atoms with Crippen LogP contribution in [0.25, 0.3) is 6.08 Å². The minimum atomic E-state index is -2.98. The Bertz CT molecular complexity index is 703. The van der Waals surface area contributed by atoms with Crippen molar-refractivity contribution < 1.29 is 17.6 Å². The summed E-state index contributed by atoms with van der Waals surface area (Å²) in [6, 6.07) is 3.61. The second-order valence-electron chi connectivity index (χ2n) is 6.40. The van der Waals surface area contributed by atoms with Crippen molar-refractivity contribution in [1.29, 1.82) is 0 Å². The Balaban J connectivity index is 1.60. The molecule has 22 heavy (non-hydrogen) atoms. The van der Waals surface area contributed by atoms with Gasteiger partial charge in [0.1, 0.15) is 11.5 Å². The first-order chi connectivity index (χ1) is 10.4. The van der Waals surface area contributed by atoms with Crippen LogP contribution < -0.4 is 0 Å². The van der Waals surface area contributed by atoms with Crippen molar-refractivity contribution in [2.24, 2.45) is 5.92 Å². The Labute approximate surface area is 130 Å². The third-order valence-electron chi connectivity index (χ3n) is 4.62. The molecule has 0 N–H and O–H groups in total. The van der Waals surface area contributed by atoms with E-state index in [0.29, 0.717) is 24.0 Å². The first kappa shape index (κ1) is 15.3. The van der Waals surface area contributed by atoms with Gasteiger partial charge < -0.3 is 9.32 Å². The Kier molecular flexibility index (Phi) is 3.89. The van der Waals surface area contributed by atoms with Crippen LogP contribution in [0.3, 0.4) is 0 Å². The van der Waals surface area contributed by atoms with Gasteiger partial charge in [-0.3, -0.25) is 4.79 Å². The lowest BCUT2D eigenvalue weighted by molar-refractivity contribution is -0.126. The van der Waals surface area contributed by atoms with E-state index in [4.69, 9.17) is 4.42 Å². The van der Waals surface area contributed by atoms with Crippen LogP contribution in [-0.2, 0) is 14.6 Å². The second-order valence-corrected chi connectivity index (χ2v) is 8.63. The molecule has 0 bridgehead atoms. The summed E-state index contributed by atoms with van der Waals surface area (Å²) in [5.41, 5.74) is 0. The fraction of sp³-hybridized carbons (Fsp3) is 0.562.